The molecule has 6 heteroatoms. The van der Waals surface area contributed by atoms with Gasteiger partial charge in [0.2, 0.25) is 0 Å². The first kappa shape index (κ1) is 27.6. The quantitative estimate of drug-likeness (QED) is 0.227. The molecule has 0 spiro atoms. The average Bonchev–Trinajstić information content (AvgIpc) is 2.92. The Balaban J connectivity index is 1.79. The Hall–Kier alpha value is -4.00. The van der Waals surface area contributed by atoms with Crippen LogP contribution in [0.25, 0.3) is 0 Å². The average molecular weight is 541 g/mol. The Morgan fingerprint density at radius 3 is 1.02 bits per heavy atom. The van der Waals surface area contributed by atoms with Crippen LogP contribution in [0.15, 0.2) is 60.7 Å². The fourth-order valence-corrected chi connectivity index (χ4v) is 5.78. The number of hydrogen-bond donors (Lipinski definition) is 4. The maximum atomic E-state index is 11.4. The number of ether oxygens (including phenoxy) is 2. The molecule has 1 aliphatic rings. The summed E-state index contributed by atoms with van der Waals surface area (Å²) in [6.07, 6.45) is 0.151. The zero-order valence-electron chi connectivity index (χ0n) is 23.4. The van der Waals surface area contributed by atoms with Gasteiger partial charge in [-0.05, 0) is 93.7 Å². The number of aliphatic hydroxyl groups is 2. The summed E-state index contributed by atoms with van der Waals surface area (Å²) in [7, 11) is 3.24. The van der Waals surface area contributed by atoms with Gasteiger partial charge in [0.25, 0.3) is 0 Å². The summed E-state index contributed by atoms with van der Waals surface area (Å²) >= 11 is 0. The van der Waals surface area contributed by atoms with E-state index in [1.807, 2.05) is 60.7 Å². The van der Waals surface area contributed by atoms with Gasteiger partial charge >= 0.3 is 0 Å². The number of phenolic OH excluding ortho intramolecular Hbond substituents is 2. The van der Waals surface area contributed by atoms with E-state index in [2.05, 4.69) is 0 Å². The summed E-state index contributed by atoms with van der Waals surface area (Å²) in [6.45, 7) is 3.44. The van der Waals surface area contributed by atoms with Crippen LogP contribution in [0, 0.1) is 0 Å². The van der Waals surface area contributed by atoms with Crippen molar-refractivity contribution in [1.82, 2.24) is 0 Å². The summed E-state index contributed by atoms with van der Waals surface area (Å²) in [5, 5.41) is 43.9. The van der Waals surface area contributed by atoms with Crippen molar-refractivity contribution in [3.05, 3.63) is 116 Å². The highest BCUT2D eigenvalue weighted by Gasteiger charge is 2.22. The molecule has 6 nitrogen and oxygen atoms in total. The number of aromatic hydroxyl groups is 2. The van der Waals surface area contributed by atoms with Crippen molar-refractivity contribution < 1.29 is 29.9 Å². The van der Waals surface area contributed by atoms with Crippen molar-refractivity contribution in [2.75, 3.05) is 14.2 Å². The molecule has 4 N–H and O–H groups in total. The monoisotopic (exact) mass is 540 g/mol. The first-order valence-electron chi connectivity index (χ1n) is 13.5. The van der Waals surface area contributed by atoms with Crippen LogP contribution in [-0.4, -0.2) is 34.6 Å². The third-order valence-electron chi connectivity index (χ3n) is 7.83. The lowest BCUT2D eigenvalue weighted by Crippen LogP contribution is -2.06. The van der Waals surface area contributed by atoms with Gasteiger partial charge in [-0.15, -0.1) is 0 Å². The smallest absolute Gasteiger partial charge is 0.125 e. The number of para-hydroxylation sites is 2. The molecule has 0 amide bonds. The van der Waals surface area contributed by atoms with E-state index in [4.69, 9.17) is 9.47 Å². The number of aliphatic hydroxyl groups excluding tert-OH is 2. The van der Waals surface area contributed by atoms with Gasteiger partial charge in [0.1, 0.15) is 23.0 Å². The maximum absolute atomic E-state index is 11.4. The van der Waals surface area contributed by atoms with Gasteiger partial charge in [0, 0.05) is 25.7 Å². The lowest BCUT2D eigenvalue weighted by molar-refractivity contribution is 0.198. The van der Waals surface area contributed by atoms with Crippen LogP contribution in [0.2, 0.25) is 0 Å². The first-order chi connectivity index (χ1) is 19.2. The van der Waals surface area contributed by atoms with Crippen LogP contribution in [0.4, 0.5) is 0 Å². The van der Waals surface area contributed by atoms with Crippen molar-refractivity contribution in [3.63, 3.8) is 0 Å². The molecule has 4 aromatic rings. The summed E-state index contributed by atoms with van der Waals surface area (Å²) in [6, 6.07) is 19.1. The molecule has 8 bridgehead atoms. The van der Waals surface area contributed by atoms with Gasteiger partial charge in [-0.1, -0.05) is 36.4 Å². The lowest BCUT2D eigenvalue weighted by atomic mass is 9.89. The molecule has 2 atom stereocenters. The largest absolute Gasteiger partial charge is 0.507 e. The van der Waals surface area contributed by atoms with Crippen LogP contribution in [-0.2, 0) is 25.7 Å². The predicted molar refractivity (Wildman–Crippen MR) is 155 cm³/mol. The topological polar surface area (TPSA) is 99.4 Å². The van der Waals surface area contributed by atoms with E-state index in [1.165, 1.54) is 0 Å². The Labute approximate surface area is 235 Å². The number of phenols is 2. The van der Waals surface area contributed by atoms with Crippen LogP contribution >= 0.6 is 0 Å². The minimum absolute atomic E-state index is 0.189. The number of hydrogen-bond acceptors (Lipinski definition) is 6. The van der Waals surface area contributed by atoms with Gasteiger partial charge < -0.3 is 29.9 Å². The fraction of sp³-hybridized carbons (Fsp3) is 0.294. The van der Waals surface area contributed by atoms with Crippen molar-refractivity contribution in [1.29, 1.82) is 0 Å². The van der Waals surface area contributed by atoms with Crippen LogP contribution in [0.1, 0.15) is 81.7 Å². The van der Waals surface area contributed by atoms with Gasteiger partial charge in [-0.3, -0.25) is 0 Å². The highest BCUT2D eigenvalue weighted by Crippen LogP contribution is 2.39. The molecular formula is C34H36O6. The fourth-order valence-electron chi connectivity index (χ4n) is 5.78. The van der Waals surface area contributed by atoms with Crippen molar-refractivity contribution in [2.24, 2.45) is 0 Å². The van der Waals surface area contributed by atoms with E-state index in [9.17, 15) is 20.4 Å². The number of rotatable bonds is 4. The highest BCUT2D eigenvalue weighted by molar-refractivity contribution is 5.57. The molecule has 0 saturated heterocycles. The maximum Gasteiger partial charge on any atom is 0.125 e. The standard InChI is InChI=1S/C34H36O6/c1-19(35)25-15-27-11-21-7-5-9-23(31(21)37)13-29-17-26(20(2)36)18-30(34(29)40-4)14-24-10-6-8-22(32(24)38)12-28(16-25)33(27)39-3/h5-10,15-20,35-38H,11-14H2,1-4H3. The van der Waals surface area contributed by atoms with Gasteiger partial charge in [-0.25, -0.2) is 0 Å². The molecule has 40 heavy (non-hydrogen) atoms. The van der Waals surface area contributed by atoms with Gasteiger partial charge in [0.05, 0.1) is 26.4 Å². The van der Waals surface area contributed by atoms with Crippen molar-refractivity contribution in [2.45, 2.75) is 51.7 Å². The zero-order valence-corrected chi connectivity index (χ0v) is 23.4. The Kier molecular flexibility index (Phi) is 7.74. The molecule has 1 aliphatic carbocycles. The molecule has 5 rings (SSSR count). The second-order valence-electron chi connectivity index (χ2n) is 10.7. The van der Waals surface area contributed by atoms with E-state index in [0.29, 0.717) is 37.2 Å². The number of fused-ring (bicyclic) bond motifs is 8. The van der Waals surface area contributed by atoms with E-state index in [1.54, 1.807) is 28.1 Å². The molecule has 4 aromatic carbocycles. The second-order valence-corrected chi connectivity index (χ2v) is 10.7. The summed E-state index contributed by atoms with van der Waals surface area (Å²) in [5.74, 6) is 1.71. The second kappa shape index (κ2) is 11.2. The molecule has 0 heterocycles. The molecule has 0 aliphatic heterocycles. The van der Waals surface area contributed by atoms with Crippen LogP contribution in [0.5, 0.6) is 23.0 Å². The molecular weight excluding hydrogens is 504 g/mol. The normalized spacial score (nSPS) is 14.3. The third kappa shape index (κ3) is 5.25. The Bertz CT molecular complexity index is 1350. The van der Waals surface area contributed by atoms with Gasteiger partial charge in [0.15, 0.2) is 0 Å². The van der Waals surface area contributed by atoms with Crippen molar-refractivity contribution >= 4 is 0 Å². The van der Waals surface area contributed by atoms with Crippen molar-refractivity contribution in [3.8, 4) is 23.0 Å². The van der Waals surface area contributed by atoms with E-state index >= 15 is 0 Å². The molecule has 0 saturated carbocycles. The molecule has 208 valence electrons. The number of benzene rings is 4. The van der Waals surface area contributed by atoms with E-state index in [-0.39, 0.29) is 11.5 Å². The first-order valence-corrected chi connectivity index (χ1v) is 13.5. The molecule has 0 fully saturated rings. The SMILES string of the molecule is COc1c2cc(C(C)O)cc1Cc1cccc(c1O)Cc1cc(C(C)O)cc(c1OC)Cc1cccc(c1O)C2. The Morgan fingerprint density at radius 1 is 0.525 bits per heavy atom. The predicted octanol–water partition coefficient (Wildman–Crippen LogP) is 5.90. The molecule has 0 aromatic heterocycles. The number of methoxy groups -OCH3 is 2. The highest BCUT2D eigenvalue weighted by atomic mass is 16.5. The summed E-state index contributed by atoms with van der Waals surface area (Å²) in [5.41, 5.74) is 7.74. The van der Waals surface area contributed by atoms with E-state index in [0.717, 1.165) is 55.6 Å². The van der Waals surface area contributed by atoms with Crippen LogP contribution < -0.4 is 9.47 Å². The van der Waals surface area contributed by atoms with Gasteiger partial charge in [-0.2, -0.15) is 0 Å². The molecule has 0 radical (unpaired) electrons. The molecule has 2 unspecified atom stereocenters. The minimum atomic E-state index is -0.700. The lowest BCUT2D eigenvalue weighted by Gasteiger charge is -2.21. The minimum Gasteiger partial charge on any atom is -0.507 e. The zero-order chi connectivity index (χ0) is 28.6. The van der Waals surface area contributed by atoms with Crippen LogP contribution in [0.3, 0.4) is 0 Å². The Morgan fingerprint density at radius 2 is 0.800 bits per heavy atom. The summed E-state index contributed by atoms with van der Waals surface area (Å²) < 4.78 is 11.8. The van der Waals surface area contributed by atoms with E-state index < -0.39 is 12.2 Å². The summed E-state index contributed by atoms with van der Waals surface area (Å²) in [4.78, 5) is 0. The third-order valence-corrected chi connectivity index (χ3v) is 7.83.